The van der Waals surface area contributed by atoms with Gasteiger partial charge in [0, 0.05) is 22.2 Å². The zero-order valence-corrected chi connectivity index (χ0v) is 13.1. The van der Waals surface area contributed by atoms with E-state index in [9.17, 15) is 9.18 Å². The fourth-order valence-corrected chi connectivity index (χ4v) is 2.71. The summed E-state index contributed by atoms with van der Waals surface area (Å²) in [6, 6.07) is 9.28. The van der Waals surface area contributed by atoms with Crippen molar-refractivity contribution >= 4 is 45.3 Å². The highest BCUT2D eigenvalue weighted by Gasteiger charge is 2.12. The average molecular weight is 396 g/mol. The van der Waals surface area contributed by atoms with Gasteiger partial charge >= 0.3 is 0 Å². The third kappa shape index (κ3) is 2.90. The molecule has 0 bridgehead atoms. The smallest absolute Gasteiger partial charge is 0.256 e. The van der Waals surface area contributed by atoms with Crippen LogP contribution in [0.3, 0.4) is 0 Å². The van der Waals surface area contributed by atoms with Crippen LogP contribution in [0.1, 0.15) is 16.2 Å². The molecular formula is C15H10FIN2O2. The summed E-state index contributed by atoms with van der Waals surface area (Å²) in [4.78, 5) is 16.4. The Labute approximate surface area is 133 Å². The number of aromatic nitrogens is 1. The van der Waals surface area contributed by atoms with Gasteiger partial charge in [0.1, 0.15) is 11.3 Å². The number of rotatable bonds is 2. The number of carbonyl (C=O) groups excluding carboxylic acids is 1. The van der Waals surface area contributed by atoms with Gasteiger partial charge in [-0.15, -0.1) is 0 Å². The molecule has 0 aliphatic rings. The van der Waals surface area contributed by atoms with Gasteiger partial charge in [-0.1, -0.05) is 0 Å². The highest BCUT2D eigenvalue weighted by atomic mass is 127. The minimum atomic E-state index is -0.366. The number of benzene rings is 2. The molecule has 0 atom stereocenters. The maximum atomic E-state index is 13.1. The molecule has 0 aliphatic carbocycles. The molecule has 0 unspecified atom stereocenters. The number of hydrogen-bond donors (Lipinski definition) is 1. The average Bonchev–Trinajstić information content (AvgIpc) is 2.77. The van der Waals surface area contributed by atoms with E-state index in [0.717, 1.165) is 5.52 Å². The van der Waals surface area contributed by atoms with E-state index in [-0.39, 0.29) is 11.7 Å². The Balaban J connectivity index is 1.88. The van der Waals surface area contributed by atoms with Crippen LogP contribution in [0.15, 0.2) is 40.8 Å². The van der Waals surface area contributed by atoms with Crippen molar-refractivity contribution in [3.05, 3.63) is 57.2 Å². The lowest BCUT2D eigenvalue weighted by Crippen LogP contribution is -2.13. The molecule has 3 aromatic rings. The molecule has 1 aromatic heterocycles. The lowest BCUT2D eigenvalue weighted by atomic mass is 10.2. The molecule has 1 N–H and O–H groups in total. The van der Waals surface area contributed by atoms with Crippen LogP contribution in [-0.2, 0) is 0 Å². The van der Waals surface area contributed by atoms with Crippen molar-refractivity contribution in [1.29, 1.82) is 0 Å². The second-order valence-corrected chi connectivity index (χ2v) is 5.66. The van der Waals surface area contributed by atoms with E-state index in [4.69, 9.17) is 4.42 Å². The minimum Gasteiger partial charge on any atom is -0.441 e. The number of nitrogens with zero attached hydrogens (tertiary/aromatic N) is 1. The van der Waals surface area contributed by atoms with Gasteiger partial charge in [0.15, 0.2) is 11.5 Å². The summed E-state index contributed by atoms with van der Waals surface area (Å²) in [5.74, 6) is -0.0916. The summed E-state index contributed by atoms with van der Waals surface area (Å²) >= 11 is 1.93. The fourth-order valence-electron chi connectivity index (χ4n) is 1.99. The number of anilines is 1. The predicted molar refractivity (Wildman–Crippen MR) is 85.8 cm³/mol. The molecular weight excluding hydrogens is 386 g/mol. The maximum absolute atomic E-state index is 13.1. The lowest BCUT2D eigenvalue weighted by Gasteiger charge is -2.06. The minimum absolute atomic E-state index is 0.296. The van der Waals surface area contributed by atoms with E-state index in [0.29, 0.717) is 26.3 Å². The van der Waals surface area contributed by atoms with E-state index in [1.807, 2.05) is 22.6 Å². The number of halogens is 2. The standard InChI is InChI=1S/C15H10FIN2O2/c1-8-18-13-5-3-10(7-14(13)21-8)19-15(20)11-4-2-9(16)6-12(11)17/h2-7H,1H3,(H,19,20). The van der Waals surface area contributed by atoms with Gasteiger partial charge in [0.25, 0.3) is 5.91 Å². The molecule has 0 aliphatic heterocycles. The molecule has 0 spiro atoms. The number of oxazole rings is 1. The van der Waals surface area contributed by atoms with E-state index in [1.54, 1.807) is 25.1 Å². The van der Waals surface area contributed by atoms with Crippen molar-refractivity contribution in [2.45, 2.75) is 6.92 Å². The first-order valence-electron chi connectivity index (χ1n) is 6.16. The van der Waals surface area contributed by atoms with Gasteiger partial charge < -0.3 is 9.73 Å². The number of nitrogens with one attached hydrogen (secondary N) is 1. The van der Waals surface area contributed by atoms with E-state index >= 15 is 0 Å². The molecule has 0 saturated carbocycles. The van der Waals surface area contributed by atoms with Crippen molar-refractivity contribution in [1.82, 2.24) is 4.98 Å². The molecule has 4 nitrogen and oxygen atoms in total. The van der Waals surface area contributed by atoms with Crippen molar-refractivity contribution < 1.29 is 13.6 Å². The third-order valence-electron chi connectivity index (χ3n) is 2.93. The Kier molecular flexibility index (Phi) is 3.62. The number of fused-ring (bicyclic) bond motifs is 1. The zero-order chi connectivity index (χ0) is 15.0. The van der Waals surface area contributed by atoms with Crippen LogP contribution in [0, 0.1) is 16.3 Å². The number of hydrogen-bond acceptors (Lipinski definition) is 3. The van der Waals surface area contributed by atoms with Gasteiger partial charge in [-0.05, 0) is 52.9 Å². The van der Waals surface area contributed by atoms with Gasteiger partial charge in [-0.25, -0.2) is 9.37 Å². The topological polar surface area (TPSA) is 55.1 Å². The SMILES string of the molecule is Cc1nc2ccc(NC(=O)c3ccc(F)cc3I)cc2o1. The second kappa shape index (κ2) is 5.44. The molecule has 106 valence electrons. The Morgan fingerprint density at radius 2 is 2.10 bits per heavy atom. The van der Waals surface area contributed by atoms with Gasteiger partial charge in [0.05, 0.1) is 5.56 Å². The summed E-state index contributed by atoms with van der Waals surface area (Å²) < 4.78 is 19.0. The lowest BCUT2D eigenvalue weighted by molar-refractivity contribution is 0.102. The van der Waals surface area contributed by atoms with Crippen molar-refractivity contribution in [2.75, 3.05) is 5.32 Å². The summed E-state index contributed by atoms with van der Waals surface area (Å²) in [5, 5.41) is 2.77. The van der Waals surface area contributed by atoms with Crippen LogP contribution in [0.25, 0.3) is 11.1 Å². The Morgan fingerprint density at radius 1 is 1.29 bits per heavy atom. The van der Waals surface area contributed by atoms with Crippen LogP contribution >= 0.6 is 22.6 Å². The monoisotopic (exact) mass is 396 g/mol. The Bertz CT molecular complexity index is 845. The normalized spacial score (nSPS) is 10.8. The zero-order valence-electron chi connectivity index (χ0n) is 11.0. The van der Waals surface area contributed by atoms with Crippen LogP contribution in [-0.4, -0.2) is 10.9 Å². The van der Waals surface area contributed by atoms with Crippen molar-refractivity contribution in [3.63, 3.8) is 0 Å². The summed E-state index contributed by atoms with van der Waals surface area (Å²) in [7, 11) is 0. The molecule has 1 heterocycles. The molecule has 6 heteroatoms. The second-order valence-electron chi connectivity index (χ2n) is 4.49. The van der Waals surface area contributed by atoms with Crippen LogP contribution in [0.5, 0.6) is 0 Å². The highest BCUT2D eigenvalue weighted by molar-refractivity contribution is 14.1. The number of amides is 1. The molecule has 2 aromatic carbocycles. The van der Waals surface area contributed by atoms with Crippen LogP contribution < -0.4 is 5.32 Å². The summed E-state index contributed by atoms with van der Waals surface area (Å²) in [6.45, 7) is 1.76. The summed E-state index contributed by atoms with van der Waals surface area (Å²) in [6.07, 6.45) is 0. The van der Waals surface area contributed by atoms with E-state index in [1.165, 1.54) is 18.2 Å². The number of aryl methyl sites for hydroxylation is 1. The Hall–Kier alpha value is -1.96. The molecule has 1 amide bonds. The quantitative estimate of drug-likeness (QED) is 0.663. The summed E-state index contributed by atoms with van der Waals surface area (Å²) in [5.41, 5.74) is 2.37. The van der Waals surface area contributed by atoms with Crippen molar-refractivity contribution in [3.8, 4) is 0 Å². The largest absolute Gasteiger partial charge is 0.441 e. The maximum Gasteiger partial charge on any atom is 0.256 e. The first-order valence-corrected chi connectivity index (χ1v) is 7.24. The predicted octanol–water partition coefficient (Wildman–Crippen LogP) is 4.13. The number of carbonyl (C=O) groups is 1. The molecule has 0 fully saturated rings. The van der Waals surface area contributed by atoms with E-state index in [2.05, 4.69) is 10.3 Å². The Morgan fingerprint density at radius 3 is 2.86 bits per heavy atom. The van der Waals surface area contributed by atoms with Crippen LogP contribution in [0.2, 0.25) is 0 Å². The van der Waals surface area contributed by atoms with Gasteiger partial charge in [0.2, 0.25) is 0 Å². The first-order chi connectivity index (χ1) is 10.0. The van der Waals surface area contributed by atoms with Crippen LogP contribution in [0.4, 0.5) is 10.1 Å². The molecule has 21 heavy (non-hydrogen) atoms. The third-order valence-corrected chi connectivity index (χ3v) is 3.82. The molecule has 0 radical (unpaired) electrons. The van der Waals surface area contributed by atoms with Crippen molar-refractivity contribution in [2.24, 2.45) is 0 Å². The highest BCUT2D eigenvalue weighted by Crippen LogP contribution is 2.21. The van der Waals surface area contributed by atoms with Gasteiger partial charge in [-0.2, -0.15) is 0 Å². The molecule has 3 rings (SSSR count). The molecule has 0 saturated heterocycles. The fraction of sp³-hybridized carbons (Fsp3) is 0.0667. The van der Waals surface area contributed by atoms with E-state index < -0.39 is 0 Å². The van der Waals surface area contributed by atoms with Gasteiger partial charge in [-0.3, -0.25) is 4.79 Å². The first kappa shape index (κ1) is 14.0.